The van der Waals surface area contributed by atoms with Crippen molar-refractivity contribution in [2.24, 2.45) is 7.05 Å². The molecule has 1 aliphatic heterocycles. The van der Waals surface area contributed by atoms with Crippen LogP contribution in [-0.2, 0) is 11.8 Å². The average molecular weight is 271 g/mol. The number of aromatic nitrogens is 1. The van der Waals surface area contributed by atoms with Crippen molar-refractivity contribution < 1.29 is 14.4 Å². The lowest BCUT2D eigenvalue weighted by Crippen LogP contribution is -2.49. The number of benzene rings is 1. The van der Waals surface area contributed by atoms with E-state index < -0.39 is 6.03 Å². The third-order valence-corrected chi connectivity index (χ3v) is 3.50. The molecule has 1 saturated heterocycles. The highest BCUT2D eigenvalue weighted by atomic mass is 16.2. The second kappa shape index (κ2) is 4.48. The quantitative estimate of drug-likeness (QED) is 0.840. The predicted molar refractivity (Wildman–Crippen MR) is 73.8 cm³/mol. The largest absolute Gasteiger partial charge is 0.350 e. The summed E-state index contributed by atoms with van der Waals surface area (Å²) in [7, 11) is 1.85. The molecule has 20 heavy (non-hydrogen) atoms. The molecule has 0 saturated carbocycles. The van der Waals surface area contributed by atoms with E-state index in [1.165, 1.54) is 4.90 Å². The van der Waals surface area contributed by atoms with Gasteiger partial charge in [0.05, 0.1) is 5.52 Å². The number of nitrogens with zero attached hydrogens (tertiary/aromatic N) is 2. The summed E-state index contributed by atoms with van der Waals surface area (Å²) in [6.07, 6.45) is 2.85. The lowest BCUT2D eigenvalue weighted by molar-refractivity contribution is -0.120. The van der Waals surface area contributed by atoms with E-state index in [4.69, 9.17) is 0 Å². The second-order valence-corrected chi connectivity index (χ2v) is 4.77. The zero-order valence-electron chi connectivity index (χ0n) is 10.9. The van der Waals surface area contributed by atoms with E-state index in [9.17, 15) is 14.4 Å². The van der Waals surface area contributed by atoms with Crippen LogP contribution >= 0.6 is 0 Å². The monoisotopic (exact) mass is 271 g/mol. The fourth-order valence-corrected chi connectivity index (χ4v) is 2.48. The number of carbonyl (C=O) groups is 3. The Morgan fingerprint density at radius 3 is 2.80 bits per heavy atom. The normalized spacial score (nSPS) is 15.6. The van der Waals surface area contributed by atoms with Crippen molar-refractivity contribution >= 4 is 34.8 Å². The van der Waals surface area contributed by atoms with Gasteiger partial charge in [0.25, 0.3) is 0 Å². The molecule has 0 radical (unpaired) electrons. The number of hydrogen-bond donors (Lipinski definition) is 1. The first-order valence-corrected chi connectivity index (χ1v) is 6.26. The first-order valence-electron chi connectivity index (χ1n) is 6.26. The zero-order chi connectivity index (χ0) is 14.3. The minimum atomic E-state index is -0.412. The first-order chi connectivity index (χ1) is 9.60. The molecule has 1 aliphatic rings. The van der Waals surface area contributed by atoms with Gasteiger partial charge in [-0.25, -0.2) is 4.79 Å². The maximum absolute atomic E-state index is 11.8. The van der Waals surface area contributed by atoms with Crippen LogP contribution in [0.5, 0.6) is 0 Å². The zero-order valence-corrected chi connectivity index (χ0v) is 10.9. The van der Waals surface area contributed by atoms with Crippen LogP contribution in [0, 0.1) is 0 Å². The number of hydrogen-bond acceptors (Lipinski definition) is 3. The van der Waals surface area contributed by atoms with Gasteiger partial charge in [-0.1, -0.05) is 6.07 Å². The third-order valence-electron chi connectivity index (χ3n) is 3.50. The Hall–Kier alpha value is -2.63. The van der Waals surface area contributed by atoms with Crippen molar-refractivity contribution in [3.8, 4) is 0 Å². The molecule has 3 amide bonds. The molecule has 2 heterocycles. The van der Waals surface area contributed by atoms with Crippen LogP contribution in [0.2, 0.25) is 0 Å². The van der Waals surface area contributed by atoms with Crippen LogP contribution in [0.3, 0.4) is 0 Å². The highest BCUT2D eigenvalue weighted by Gasteiger charge is 2.24. The molecule has 3 rings (SSSR count). The van der Waals surface area contributed by atoms with Crippen molar-refractivity contribution in [1.29, 1.82) is 0 Å². The Balaban J connectivity index is 2.05. The molecule has 1 aromatic heterocycles. The number of aldehydes is 1. The molecule has 2 aromatic rings. The van der Waals surface area contributed by atoms with Crippen molar-refractivity contribution in [2.45, 2.75) is 6.42 Å². The Morgan fingerprint density at radius 1 is 1.30 bits per heavy atom. The number of aryl methyl sites for hydroxylation is 1. The van der Waals surface area contributed by atoms with Crippen molar-refractivity contribution in [1.82, 2.24) is 9.88 Å². The minimum Gasteiger partial charge on any atom is -0.350 e. The molecule has 1 aromatic carbocycles. The highest BCUT2D eigenvalue weighted by molar-refractivity contribution is 6.07. The van der Waals surface area contributed by atoms with Crippen LogP contribution in [0.4, 0.5) is 10.5 Å². The molecule has 0 aliphatic carbocycles. The van der Waals surface area contributed by atoms with Gasteiger partial charge in [0.15, 0.2) is 6.29 Å². The highest BCUT2D eigenvalue weighted by Crippen LogP contribution is 2.26. The molecule has 0 unspecified atom stereocenters. The smallest absolute Gasteiger partial charge is 0.328 e. The minimum absolute atomic E-state index is 0.255. The Bertz CT molecular complexity index is 733. The number of urea groups is 1. The van der Waals surface area contributed by atoms with Crippen molar-refractivity contribution in [3.05, 3.63) is 30.0 Å². The van der Waals surface area contributed by atoms with E-state index >= 15 is 0 Å². The number of rotatable bonds is 2. The summed E-state index contributed by atoms with van der Waals surface area (Å²) in [5.74, 6) is -0.255. The standard InChI is InChI=1S/C14H13N3O3/c1-16-7-9(8-18)11-3-2-10(6-12(11)16)17-5-4-13(19)15-14(17)20/h2-3,6-8H,4-5H2,1H3,(H,15,19,20). The predicted octanol–water partition coefficient (Wildman–Crippen LogP) is 1.44. The average Bonchev–Trinajstić information content (AvgIpc) is 2.75. The van der Waals surface area contributed by atoms with E-state index in [0.29, 0.717) is 17.8 Å². The lowest BCUT2D eigenvalue weighted by atomic mass is 10.1. The van der Waals surface area contributed by atoms with Gasteiger partial charge in [-0.2, -0.15) is 0 Å². The molecule has 0 atom stereocenters. The van der Waals surface area contributed by atoms with E-state index in [2.05, 4.69) is 5.32 Å². The Morgan fingerprint density at radius 2 is 2.10 bits per heavy atom. The van der Waals surface area contributed by atoms with Crippen LogP contribution in [-0.4, -0.2) is 29.3 Å². The van der Waals surface area contributed by atoms with Crippen LogP contribution in [0.15, 0.2) is 24.4 Å². The van der Waals surface area contributed by atoms with Crippen molar-refractivity contribution in [3.63, 3.8) is 0 Å². The Labute approximate surface area is 115 Å². The number of anilines is 1. The fourth-order valence-electron chi connectivity index (χ4n) is 2.48. The number of amides is 3. The van der Waals surface area contributed by atoms with Crippen LogP contribution in [0.25, 0.3) is 10.9 Å². The summed E-state index contributed by atoms with van der Waals surface area (Å²) in [5.41, 5.74) is 2.20. The summed E-state index contributed by atoms with van der Waals surface area (Å²) >= 11 is 0. The van der Waals surface area contributed by atoms with Gasteiger partial charge in [0.1, 0.15) is 0 Å². The van der Waals surface area contributed by atoms with Crippen molar-refractivity contribution in [2.75, 3.05) is 11.4 Å². The molecule has 1 fully saturated rings. The summed E-state index contributed by atoms with van der Waals surface area (Å²) in [4.78, 5) is 35.5. The van der Waals surface area contributed by atoms with E-state index in [1.54, 1.807) is 12.3 Å². The van der Waals surface area contributed by atoms with Gasteiger partial charge in [0.2, 0.25) is 5.91 Å². The summed E-state index contributed by atoms with van der Waals surface area (Å²) < 4.78 is 1.84. The number of fused-ring (bicyclic) bond motifs is 1. The lowest BCUT2D eigenvalue weighted by Gasteiger charge is -2.26. The number of carbonyl (C=O) groups excluding carboxylic acids is 3. The van der Waals surface area contributed by atoms with Gasteiger partial charge in [-0.3, -0.25) is 19.8 Å². The molecule has 102 valence electrons. The summed E-state index contributed by atoms with van der Waals surface area (Å²) in [6, 6.07) is 5.03. The number of nitrogens with one attached hydrogen (secondary N) is 1. The second-order valence-electron chi connectivity index (χ2n) is 4.77. The Kier molecular flexibility index (Phi) is 2.78. The summed E-state index contributed by atoms with van der Waals surface area (Å²) in [5, 5.41) is 3.14. The van der Waals surface area contributed by atoms with Gasteiger partial charge < -0.3 is 4.57 Å². The molecule has 6 nitrogen and oxygen atoms in total. The number of imide groups is 1. The van der Waals surface area contributed by atoms with Gasteiger partial charge in [-0.05, 0) is 12.1 Å². The molecular formula is C14H13N3O3. The summed E-state index contributed by atoms with van der Waals surface area (Å²) in [6.45, 7) is 0.362. The van der Waals surface area contributed by atoms with Gasteiger partial charge >= 0.3 is 6.03 Å². The van der Waals surface area contributed by atoms with E-state index in [-0.39, 0.29) is 12.3 Å². The van der Waals surface area contributed by atoms with Crippen LogP contribution in [0.1, 0.15) is 16.8 Å². The topological polar surface area (TPSA) is 71.4 Å². The first kappa shape index (κ1) is 12.4. The molecular weight excluding hydrogens is 258 g/mol. The SMILES string of the molecule is Cn1cc(C=O)c2ccc(N3CCC(=O)NC3=O)cc21. The molecule has 0 spiro atoms. The van der Waals surface area contributed by atoms with E-state index in [1.807, 2.05) is 23.7 Å². The van der Waals surface area contributed by atoms with E-state index in [0.717, 1.165) is 17.2 Å². The molecule has 0 bridgehead atoms. The van der Waals surface area contributed by atoms with Gasteiger partial charge in [-0.15, -0.1) is 0 Å². The van der Waals surface area contributed by atoms with Crippen LogP contribution < -0.4 is 10.2 Å². The maximum Gasteiger partial charge on any atom is 0.328 e. The maximum atomic E-state index is 11.8. The fraction of sp³-hybridized carbons (Fsp3) is 0.214. The third kappa shape index (κ3) is 1.85. The van der Waals surface area contributed by atoms with Gasteiger partial charge in [0, 0.05) is 42.8 Å². The molecule has 1 N–H and O–H groups in total. The molecule has 6 heteroatoms.